The van der Waals surface area contributed by atoms with Crippen LogP contribution in [0, 0.1) is 0 Å². The summed E-state index contributed by atoms with van der Waals surface area (Å²) in [4.78, 5) is 29.2. The number of carbonyl (C=O) groups is 2. The molecule has 3 rings (SSSR count). The minimum absolute atomic E-state index is 0.0635. The maximum atomic E-state index is 12.5. The molecule has 0 atom stereocenters. The number of benzene rings is 1. The third kappa shape index (κ3) is 3.91. The molecule has 0 bridgehead atoms. The van der Waals surface area contributed by atoms with E-state index < -0.39 is 9.84 Å². The van der Waals surface area contributed by atoms with E-state index in [1.165, 1.54) is 19.2 Å². The number of rotatable bonds is 5. The molecule has 0 aliphatic carbocycles. The molecule has 0 saturated carbocycles. The Bertz CT molecular complexity index is 942. The number of nitrogens with one attached hydrogen (secondary N) is 1. The van der Waals surface area contributed by atoms with Gasteiger partial charge in [-0.05, 0) is 42.3 Å². The van der Waals surface area contributed by atoms with Crippen LogP contribution < -0.4 is 10.2 Å². The van der Waals surface area contributed by atoms with Gasteiger partial charge in [-0.15, -0.1) is 0 Å². The van der Waals surface area contributed by atoms with E-state index in [9.17, 15) is 18.0 Å². The summed E-state index contributed by atoms with van der Waals surface area (Å²) in [6.45, 7) is 2.04. The van der Waals surface area contributed by atoms with Gasteiger partial charge in [0, 0.05) is 31.8 Å². The third-order valence-corrected chi connectivity index (χ3v) is 5.94. The second-order valence-corrected chi connectivity index (χ2v) is 8.18. The van der Waals surface area contributed by atoms with Crippen LogP contribution in [0.2, 0.25) is 0 Å². The fraction of sp³-hybridized carbons (Fsp3) is 0.278. The quantitative estimate of drug-likeness (QED) is 0.862. The number of sulfone groups is 1. The van der Waals surface area contributed by atoms with Crippen molar-refractivity contribution in [3.05, 3.63) is 48.3 Å². The highest BCUT2D eigenvalue weighted by Gasteiger charge is 2.25. The molecule has 26 heavy (non-hydrogen) atoms. The van der Waals surface area contributed by atoms with Gasteiger partial charge in [0.2, 0.25) is 11.8 Å². The maximum absolute atomic E-state index is 12.5. The molecule has 2 amide bonds. The Balaban J connectivity index is 1.67. The van der Waals surface area contributed by atoms with Gasteiger partial charge in [-0.3, -0.25) is 14.6 Å². The van der Waals surface area contributed by atoms with Crippen molar-refractivity contribution in [2.45, 2.75) is 24.7 Å². The van der Waals surface area contributed by atoms with E-state index in [-0.39, 0.29) is 28.9 Å². The summed E-state index contributed by atoms with van der Waals surface area (Å²) in [5, 5.41) is 2.62. The van der Waals surface area contributed by atoms with Gasteiger partial charge in [0.25, 0.3) is 0 Å². The number of hydrogen-bond acceptors (Lipinski definition) is 5. The van der Waals surface area contributed by atoms with E-state index in [0.29, 0.717) is 18.7 Å². The summed E-state index contributed by atoms with van der Waals surface area (Å²) in [7, 11) is -3.59. The first-order chi connectivity index (χ1) is 12.4. The molecule has 1 aromatic carbocycles. The van der Waals surface area contributed by atoms with Crippen molar-refractivity contribution in [2.75, 3.05) is 22.5 Å². The van der Waals surface area contributed by atoms with Gasteiger partial charge in [0.1, 0.15) is 0 Å². The summed E-state index contributed by atoms with van der Waals surface area (Å²) in [5.41, 5.74) is 2.11. The molecule has 2 heterocycles. The monoisotopic (exact) mass is 373 g/mol. The molecular formula is C18H19N3O4S. The molecule has 0 saturated heterocycles. The van der Waals surface area contributed by atoms with Crippen molar-refractivity contribution in [1.82, 2.24) is 4.98 Å². The first kappa shape index (κ1) is 18.1. The Morgan fingerprint density at radius 2 is 2.08 bits per heavy atom. The molecule has 1 aromatic heterocycles. The summed E-state index contributed by atoms with van der Waals surface area (Å²) < 4.78 is 25.1. The van der Waals surface area contributed by atoms with Crippen LogP contribution in [-0.2, 0) is 25.8 Å². The van der Waals surface area contributed by atoms with Crippen LogP contribution in [-0.4, -0.2) is 37.5 Å². The Labute approximate surface area is 152 Å². The highest BCUT2D eigenvalue weighted by atomic mass is 32.2. The zero-order valence-electron chi connectivity index (χ0n) is 14.3. The SMILES string of the molecule is CC(=O)N1CCc2cc(S(=O)(=O)CCC(=O)Nc3cccnc3)ccc21. The second kappa shape index (κ2) is 7.25. The van der Waals surface area contributed by atoms with Gasteiger partial charge >= 0.3 is 0 Å². The van der Waals surface area contributed by atoms with E-state index in [0.717, 1.165) is 11.3 Å². The largest absolute Gasteiger partial charge is 0.325 e. The first-order valence-corrected chi connectivity index (χ1v) is 9.86. The van der Waals surface area contributed by atoms with Crippen LogP contribution in [0.1, 0.15) is 18.9 Å². The number of carbonyl (C=O) groups excluding carboxylic acids is 2. The lowest BCUT2D eigenvalue weighted by atomic mass is 10.2. The number of pyridine rings is 1. The first-order valence-electron chi connectivity index (χ1n) is 8.20. The molecule has 1 aliphatic heterocycles. The normalized spacial score (nSPS) is 13.3. The predicted octanol–water partition coefficient (Wildman–Crippen LogP) is 1.79. The second-order valence-electron chi connectivity index (χ2n) is 6.07. The molecule has 2 aromatic rings. The summed E-state index contributed by atoms with van der Waals surface area (Å²) in [6.07, 6.45) is 3.56. The van der Waals surface area contributed by atoms with E-state index in [4.69, 9.17) is 0 Å². The van der Waals surface area contributed by atoms with Crippen LogP contribution in [0.15, 0.2) is 47.6 Å². The maximum Gasteiger partial charge on any atom is 0.225 e. The predicted molar refractivity (Wildman–Crippen MR) is 97.7 cm³/mol. The lowest BCUT2D eigenvalue weighted by molar-refractivity contribution is -0.117. The number of aromatic nitrogens is 1. The van der Waals surface area contributed by atoms with Crippen molar-refractivity contribution in [2.24, 2.45) is 0 Å². The summed E-state index contributed by atoms with van der Waals surface area (Å²) >= 11 is 0. The van der Waals surface area contributed by atoms with E-state index in [1.807, 2.05) is 0 Å². The molecule has 8 heteroatoms. The average Bonchev–Trinajstić information content (AvgIpc) is 3.04. The van der Waals surface area contributed by atoms with Gasteiger partial charge in [0.15, 0.2) is 9.84 Å². The zero-order chi connectivity index (χ0) is 18.7. The Hall–Kier alpha value is -2.74. The van der Waals surface area contributed by atoms with Gasteiger partial charge in [-0.25, -0.2) is 8.42 Å². The van der Waals surface area contributed by atoms with Crippen molar-refractivity contribution in [3.8, 4) is 0 Å². The van der Waals surface area contributed by atoms with E-state index in [1.54, 1.807) is 35.4 Å². The minimum atomic E-state index is -3.59. The molecule has 0 fully saturated rings. The summed E-state index contributed by atoms with van der Waals surface area (Å²) in [5.74, 6) is -0.731. The number of hydrogen-bond donors (Lipinski definition) is 1. The fourth-order valence-corrected chi connectivity index (χ4v) is 4.19. The smallest absolute Gasteiger partial charge is 0.225 e. The molecule has 0 unspecified atom stereocenters. The lowest BCUT2D eigenvalue weighted by Gasteiger charge is -2.15. The van der Waals surface area contributed by atoms with Crippen molar-refractivity contribution >= 4 is 33.0 Å². The Morgan fingerprint density at radius 1 is 1.27 bits per heavy atom. The van der Waals surface area contributed by atoms with Crippen LogP contribution >= 0.6 is 0 Å². The average molecular weight is 373 g/mol. The van der Waals surface area contributed by atoms with Gasteiger partial charge in [-0.1, -0.05) is 0 Å². The van der Waals surface area contributed by atoms with Crippen LogP contribution in [0.5, 0.6) is 0 Å². The molecule has 1 aliphatic rings. The van der Waals surface area contributed by atoms with Crippen molar-refractivity contribution in [1.29, 1.82) is 0 Å². The Kier molecular flexibility index (Phi) is 5.03. The number of fused-ring (bicyclic) bond motifs is 1. The van der Waals surface area contributed by atoms with Crippen molar-refractivity contribution < 1.29 is 18.0 Å². The van der Waals surface area contributed by atoms with Gasteiger partial charge < -0.3 is 10.2 Å². The molecule has 136 valence electrons. The summed E-state index contributed by atoms with van der Waals surface area (Å²) in [6, 6.07) is 8.12. The third-order valence-electron chi connectivity index (χ3n) is 4.23. The standard InChI is InChI=1S/C18H19N3O4S/c1-13(22)21-9-6-14-11-16(4-5-17(14)21)26(24,25)10-7-18(23)20-15-3-2-8-19-12-15/h2-5,8,11-12H,6-7,9-10H2,1H3,(H,20,23). The highest BCUT2D eigenvalue weighted by Crippen LogP contribution is 2.30. The van der Waals surface area contributed by atoms with Crippen LogP contribution in [0.4, 0.5) is 11.4 Å². The number of anilines is 2. The van der Waals surface area contributed by atoms with Gasteiger partial charge in [0.05, 0.1) is 22.5 Å². The highest BCUT2D eigenvalue weighted by molar-refractivity contribution is 7.91. The van der Waals surface area contributed by atoms with Gasteiger partial charge in [-0.2, -0.15) is 0 Å². The fourth-order valence-electron chi connectivity index (χ4n) is 2.90. The van der Waals surface area contributed by atoms with Crippen molar-refractivity contribution in [3.63, 3.8) is 0 Å². The molecule has 0 radical (unpaired) electrons. The van der Waals surface area contributed by atoms with Crippen LogP contribution in [0.3, 0.4) is 0 Å². The molecular weight excluding hydrogens is 354 g/mol. The van der Waals surface area contributed by atoms with Crippen LogP contribution in [0.25, 0.3) is 0 Å². The zero-order valence-corrected chi connectivity index (χ0v) is 15.1. The number of amides is 2. The molecule has 7 nitrogen and oxygen atoms in total. The minimum Gasteiger partial charge on any atom is -0.325 e. The Morgan fingerprint density at radius 3 is 2.77 bits per heavy atom. The van der Waals surface area contributed by atoms with E-state index in [2.05, 4.69) is 10.3 Å². The molecule has 1 N–H and O–H groups in total. The molecule has 0 spiro atoms. The lowest BCUT2D eigenvalue weighted by Crippen LogP contribution is -2.25. The number of nitrogens with zero attached hydrogens (tertiary/aromatic N) is 2. The topological polar surface area (TPSA) is 96.4 Å². The van der Waals surface area contributed by atoms with E-state index >= 15 is 0 Å².